The molecule has 0 fully saturated rings. The largest absolute Gasteiger partial charge is 0.496 e. The summed E-state index contributed by atoms with van der Waals surface area (Å²) in [6, 6.07) is 3.52. The molecule has 0 aromatic heterocycles. The molecule has 0 bridgehead atoms. The van der Waals surface area contributed by atoms with Gasteiger partial charge in [0, 0.05) is 18.5 Å². The summed E-state index contributed by atoms with van der Waals surface area (Å²) >= 11 is 0. The minimum Gasteiger partial charge on any atom is -0.496 e. The van der Waals surface area contributed by atoms with Gasteiger partial charge in [0.2, 0.25) is 0 Å². The van der Waals surface area contributed by atoms with E-state index in [0.29, 0.717) is 18.5 Å². The zero-order valence-electron chi connectivity index (χ0n) is 11.4. The number of carbonyl (C=O) groups is 2. The van der Waals surface area contributed by atoms with Crippen molar-refractivity contribution in [2.24, 2.45) is 0 Å². The van der Waals surface area contributed by atoms with Crippen molar-refractivity contribution < 1.29 is 19.4 Å². The molecule has 19 heavy (non-hydrogen) atoms. The molecule has 0 radical (unpaired) electrons. The average molecular weight is 265 g/mol. The number of ether oxygens (including phenoxy) is 1. The molecule has 0 atom stereocenters. The first kappa shape index (κ1) is 15.0. The van der Waals surface area contributed by atoms with E-state index in [1.165, 1.54) is 0 Å². The summed E-state index contributed by atoms with van der Waals surface area (Å²) < 4.78 is 5.24. The predicted molar refractivity (Wildman–Crippen MR) is 71.7 cm³/mol. The molecule has 5 heteroatoms. The van der Waals surface area contributed by atoms with Crippen molar-refractivity contribution in [1.82, 2.24) is 5.32 Å². The Kier molecular flexibility index (Phi) is 5.36. The molecule has 0 aliphatic carbocycles. The standard InChI is InChI=1S/C14H19NO4/c1-9-7-11(8-10(2)13(9)19-3)14(18)15-6-4-5-12(16)17/h7-8H,4-6H2,1-3H3,(H,15,18)(H,16,17). The Bertz CT molecular complexity index is 459. The maximum atomic E-state index is 11.9. The smallest absolute Gasteiger partial charge is 0.303 e. The third-order valence-electron chi connectivity index (χ3n) is 2.78. The Morgan fingerprint density at radius 1 is 1.26 bits per heavy atom. The van der Waals surface area contributed by atoms with Crippen LogP contribution in [0.2, 0.25) is 0 Å². The highest BCUT2D eigenvalue weighted by Gasteiger charge is 2.10. The lowest BCUT2D eigenvalue weighted by molar-refractivity contribution is -0.137. The fraction of sp³-hybridized carbons (Fsp3) is 0.429. The van der Waals surface area contributed by atoms with E-state index in [2.05, 4.69) is 5.32 Å². The van der Waals surface area contributed by atoms with E-state index in [0.717, 1.165) is 16.9 Å². The number of carboxylic acids is 1. The molecule has 0 aliphatic rings. The highest BCUT2D eigenvalue weighted by molar-refractivity contribution is 5.94. The minimum atomic E-state index is -0.856. The summed E-state index contributed by atoms with van der Waals surface area (Å²) in [5.41, 5.74) is 2.36. The van der Waals surface area contributed by atoms with Crippen LogP contribution in [0.3, 0.4) is 0 Å². The van der Waals surface area contributed by atoms with E-state index < -0.39 is 5.97 Å². The summed E-state index contributed by atoms with van der Waals surface area (Å²) in [4.78, 5) is 22.2. The molecule has 0 aliphatic heterocycles. The third kappa shape index (κ3) is 4.28. The number of aliphatic carboxylic acids is 1. The molecule has 0 spiro atoms. The van der Waals surface area contributed by atoms with Gasteiger partial charge in [-0.05, 0) is 43.5 Å². The Hall–Kier alpha value is -2.04. The van der Waals surface area contributed by atoms with Crippen molar-refractivity contribution in [2.75, 3.05) is 13.7 Å². The highest BCUT2D eigenvalue weighted by Crippen LogP contribution is 2.24. The third-order valence-corrected chi connectivity index (χ3v) is 2.78. The van der Waals surface area contributed by atoms with Crippen LogP contribution in [0.25, 0.3) is 0 Å². The van der Waals surface area contributed by atoms with Gasteiger partial charge in [-0.2, -0.15) is 0 Å². The number of hydrogen-bond acceptors (Lipinski definition) is 3. The first-order valence-electron chi connectivity index (χ1n) is 6.11. The molecule has 1 amide bonds. The van der Waals surface area contributed by atoms with Crippen molar-refractivity contribution in [3.63, 3.8) is 0 Å². The second-order valence-electron chi connectivity index (χ2n) is 4.40. The number of carbonyl (C=O) groups excluding carboxylic acids is 1. The van der Waals surface area contributed by atoms with Gasteiger partial charge in [0.25, 0.3) is 5.91 Å². The number of rotatable bonds is 6. The molecule has 1 aromatic rings. The van der Waals surface area contributed by atoms with Crippen LogP contribution in [0, 0.1) is 13.8 Å². The molecule has 2 N–H and O–H groups in total. The van der Waals surface area contributed by atoms with Crippen LogP contribution in [-0.2, 0) is 4.79 Å². The number of benzene rings is 1. The fourth-order valence-electron chi connectivity index (χ4n) is 1.95. The van der Waals surface area contributed by atoms with Crippen molar-refractivity contribution >= 4 is 11.9 Å². The van der Waals surface area contributed by atoms with Crippen LogP contribution in [0.5, 0.6) is 5.75 Å². The van der Waals surface area contributed by atoms with E-state index in [1.54, 1.807) is 19.2 Å². The van der Waals surface area contributed by atoms with Crippen LogP contribution < -0.4 is 10.1 Å². The van der Waals surface area contributed by atoms with Crippen LogP contribution >= 0.6 is 0 Å². The van der Waals surface area contributed by atoms with Crippen LogP contribution in [0.4, 0.5) is 0 Å². The Labute approximate surface area is 112 Å². The first-order chi connectivity index (χ1) is 8.95. The van der Waals surface area contributed by atoms with Crippen LogP contribution in [0.1, 0.15) is 34.3 Å². The van der Waals surface area contributed by atoms with Crippen LogP contribution in [-0.4, -0.2) is 30.6 Å². The van der Waals surface area contributed by atoms with Crippen molar-refractivity contribution in [3.8, 4) is 5.75 Å². The summed E-state index contributed by atoms with van der Waals surface area (Å²) in [7, 11) is 1.60. The second kappa shape index (κ2) is 6.78. The Balaban J connectivity index is 2.65. The first-order valence-corrected chi connectivity index (χ1v) is 6.11. The summed E-state index contributed by atoms with van der Waals surface area (Å²) in [5.74, 6) is -0.271. The zero-order valence-corrected chi connectivity index (χ0v) is 11.4. The second-order valence-corrected chi connectivity index (χ2v) is 4.40. The molecule has 0 saturated carbocycles. The van der Waals surface area contributed by atoms with E-state index in [1.807, 2.05) is 13.8 Å². The Morgan fingerprint density at radius 2 is 1.84 bits per heavy atom. The average Bonchev–Trinajstić information content (AvgIpc) is 2.33. The molecule has 0 unspecified atom stereocenters. The lowest BCUT2D eigenvalue weighted by Gasteiger charge is -2.11. The number of nitrogens with one attached hydrogen (secondary N) is 1. The van der Waals surface area contributed by atoms with Gasteiger partial charge in [-0.1, -0.05) is 0 Å². The molecule has 1 rings (SSSR count). The topological polar surface area (TPSA) is 75.6 Å². The highest BCUT2D eigenvalue weighted by atomic mass is 16.5. The maximum Gasteiger partial charge on any atom is 0.303 e. The van der Waals surface area contributed by atoms with E-state index in [4.69, 9.17) is 9.84 Å². The van der Waals surface area contributed by atoms with Crippen LogP contribution in [0.15, 0.2) is 12.1 Å². The molecule has 1 aromatic carbocycles. The number of methoxy groups -OCH3 is 1. The van der Waals surface area contributed by atoms with Gasteiger partial charge < -0.3 is 15.2 Å². The molecule has 0 saturated heterocycles. The molecule has 0 heterocycles. The van der Waals surface area contributed by atoms with Crippen molar-refractivity contribution in [1.29, 1.82) is 0 Å². The van der Waals surface area contributed by atoms with E-state index >= 15 is 0 Å². The number of carboxylic acid groups (broad SMARTS) is 1. The zero-order chi connectivity index (χ0) is 14.4. The normalized spacial score (nSPS) is 10.1. The fourth-order valence-corrected chi connectivity index (χ4v) is 1.95. The maximum absolute atomic E-state index is 11.9. The summed E-state index contributed by atoms with van der Waals surface area (Å²) in [6.45, 7) is 4.12. The SMILES string of the molecule is COc1c(C)cc(C(=O)NCCCC(=O)O)cc1C. The van der Waals surface area contributed by atoms with E-state index in [9.17, 15) is 9.59 Å². The molecule has 104 valence electrons. The van der Waals surface area contributed by atoms with Gasteiger partial charge in [0.05, 0.1) is 7.11 Å². The predicted octanol–water partition coefficient (Wildman–Crippen LogP) is 1.91. The van der Waals surface area contributed by atoms with Gasteiger partial charge >= 0.3 is 5.97 Å². The lowest BCUT2D eigenvalue weighted by Crippen LogP contribution is -2.25. The van der Waals surface area contributed by atoms with Gasteiger partial charge in [-0.25, -0.2) is 0 Å². The summed E-state index contributed by atoms with van der Waals surface area (Å²) in [6.07, 6.45) is 0.482. The summed E-state index contributed by atoms with van der Waals surface area (Å²) in [5, 5.41) is 11.2. The Morgan fingerprint density at radius 3 is 2.32 bits per heavy atom. The van der Waals surface area contributed by atoms with Gasteiger partial charge in [0.1, 0.15) is 5.75 Å². The monoisotopic (exact) mass is 265 g/mol. The lowest BCUT2D eigenvalue weighted by atomic mass is 10.1. The van der Waals surface area contributed by atoms with Gasteiger partial charge in [-0.15, -0.1) is 0 Å². The number of aryl methyl sites for hydroxylation is 2. The minimum absolute atomic E-state index is 0.0565. The number of amides is 1. The quantitative estimate of drug-likeness (QED) is 0.770. The van der Waals surface area contributed by atoms with Crippen molar-refractivity contribution in [3.05, 3.63) is 28.8 Å². The van der Waals surface area contributed by atoms with Crippen molar-refractivity contribution in [2.45, 2.75) is 26.7 Å². The number of hydrogen-bond donors (Lipinski definition) is 2. The van der Waals surface area contributed by atoms with Gasteiger partial charge in [-0.3, -0.25) is 9.59 Å². The molecular formula is C14H19NO4. The molecule has 5 nitrogen and oxygen atoms in total. The van der Waals surface area contributed by atoms with E-state index in [-0.39, 0.29) is 12.3 Å². The van der Waals surface area contributed by atoms with Gasteiger partial charge in [0.15, 0.2) is 0 Å². The molecular weight excluding hydrogens is 246 g/mol.